The van der Waals surface area contributed by atoms with Crippen LogP contribution in [0, 0.1) is 0 Å². The molecular formula is C32H40BrN4O10S3+. The molecule has 0 aliphatic carbocycles. The summed E-state index contributed by atoms with van der Waals surface area (Å²) >= 11 is 3.52. The molecule has 2 aromatic rings. The van der Waals surface area contributed by atoms with Crippen molar-refractivity contribution in [3.05, 3.63) is 82.1 Å². The second kappa shape index (κ2) is 14.8. The number of fused-ring (bicyclic) bond motifs is 2. The van der Waals surface area contributed by atoms with Gasteiger partial charge in [-0.3, -0.25) is 18.5 Å². The van der Waals surface area contributed by atoms with Gasteiger partial charge in [0, 0.05) is 36.2 Å². The summed E-state index contributed by atoms with van der Waals surface area (Å²) in [6, 6.07) is 6.02. The maximum Gasteiger partial charge on any atom is 0.327 e. The first-order valence-corrected chi connectivity index (χ1v) is 20.9. The summed E-state index contributed by atoms with van der Waals surface area (Å²) in [4.78, 5) is 18.2. The first-order valence-electron chi connectivity index (χ1n) is 15.5. The number of anilines is 1. The molecule has 50 heavy (non-hydrogen) atoms. The summed E-state index contributed by atoms with van der Waals surface area (Å²) < 4.78 is 100. The van der Waals surface area contributed by atoms with Gasteiger partial charge in [0.15, 0.2) is 5.71 Å². The van der Waals surface area contributed by atoms with Crippen LogP contribution in [0.5, 0.6) is 0 Å². The van der Waals surface area contributed by atoms with E-state index >= 15 is 0 Å². The maximum absolute atomic E-state index is 12.0. The van der Waals surface area contributed by atoms with Crippen molar-refractivity contribution in [1.29, 1.82) is 0 Å². The van der Waals surface area contributed by atoms with Gasteiger partial charge in [0.25, 0.3) is 30.4 Å². The number of hydrogen-bond acceptors (Lipinski definition) is 9. The van der Waals surface area contributed by atoms with Crippen molar-refractivity contribution in [1.82, 2.24) is 0 Å². The number of aliphatic imine (C=N–C) groups is 1. The molecule has 5 N–H and O–H groups in total. The van der Waals surface area contributed by atoms with E-state index in [2.05, 4.69) is 15.9 Å². The molecule has 14 nitrogen and oxygen atoms in total. The van der Waals surface area contributed by atoms with Gasteiger partial charge in [-0.15, -0.1) is 0 Å². The quantitative estimate of drug-likeness (QED) is 0.114. The summed E-state index contributed by atoms with van der Waals surface area (Å²) in [5, 5.41) is 0. The van der Waals surface area contributed by atoms with Crippen LogP contribution >= 0.6 is 15.9 Å². The van der Waals surface area contributed by atoms with Crippen LogP contribution in [0.25, 0.3) is 0 Å². The lowest BCUT2D eigenvalue weighted by Crippen LogP contribution is -2.36. The third-order valence-corrected chi connectivity index (χ3v) is 11.7. The highest BCUT2D eigenvalue weighted by Crippen LogP contribution is 2.51. The van der Waals surface area contributed by atoms with Gasteiger partial charge >= 0.3 is 5.82 Å². The van der Waals surface area contributed by atoms with Crippen molar-refractivity contribution in [2.75, 3.05) is 23.0 Å². The molecule has 0 saturated heterocycles. The van der Waals surface area contributed by atoms with Crippen LogP contribution in [-0.4, -0.2) is 68.6 Å². The van der Waals surface area contributed by atoms with Crippen LogP contribution in [0.4, 0.5) is 11.5 Å². The number of carbonyl (C=O) groups is 1. The Hall–Kier alpha value is -3.26. The van der Waals surface area contributed by atoms with E-state index in [-0.39, 0.29) is 42.9 Å². The van der Waals surface area contributed by atoms with Crippen molar-refractivity contribution in [2.45, 2.75) is 68.7 Å². The Morgan fingerprint density at radius 2 is 1.62 bits per heavy atom. The molecule has 0 bridgehead atoms. The molecule has 1 atom stereocenters. The Balaban J connectivity index is 1.69. The number of hydrogen-bond donors (Lipinski definition) is 4. The van der Waals surface area contributed by atoms with Crippen LogP contribution in [0.1, 0.15) is 57.6 Å². The summed E-state index contributed by atoms with van der Waals surface area (Å²) in [6.45, 7) is 6.26. The highest BCUT2D eigenvalue weighted by Gasteiger charge is 2.44. The SMILES string of the molecule is CC1(C)C(/C=C/C=C/C=C2/N(CCCS(=O)(=O)O)c3ccc(S(=O)(=O)O)cc3C2(C)CCC(N)=O)=Nc2c1cc(Br)c[n+]2CCCS(=O)(=O)O. The standard InChI is InChI=1S/C32H39BrN4O10S3/c1-31(2)25-19-22(33)21-36(15-7-17-48(39,40)41)30(25)35-27(31)9-5-4-6-10-28-32(3,14-13-29(34)38)24-20-23(50(45,46)47)11-12-26(24)37(28)16-8-18-49(42,43)44/h4-6,9-12,19-21H,7-8,13-18H2,1-3H3,(H4-,34,38,39,40,41,42,43,44,45,46,47)/p+1. The molecule has 2 aliphatic heterocycles. The number of nitrogens with two attached hydrogens (primary N) is 1. The summed E-state index contributed by atoms with van der Waals surface area (Å²) in [5.41, 5.74) is 7.31. The molecule has 0 radical (unpaired) electrons. The molecule has 1 unspecified atom stereocenters. The molecule has 1 aromatic carbocycles. The molecule has 272 valence electrons. The average Bonchev–Trinajstić information content (AvgIpc) is 3.36. The van der Waals surface area contributed by atoms with Crippen LogP contribution in [-0.2, 0) is 52.5 Å². The lowest BCUT2D eigenvalue weighted by Gasteiger charge is -2.30. The van der Waals surface area contributed by atoms with Crippen LogP contribution in [0.2, 0.25) is 0 Å². The van der Waals surface area contributed by atoms with Gasteiger partial charge in [-0.1, -0.05) is 18.2 Å². The Bertz CT molecular complexity index is 2140. The molecule has 0 spiro atoms. The Morgan fingerprint density at radius 3 is 2.24 bits per heavy atom. The molecule has 18 heteroatoms. The second-order valence-electron chi connectivity index (χ2n) is 12.9. The normalized spacial score (nSPS) is 19.8. The largest absolute Gasteiger partial charge is 0.370 e. The number of rotatable bonds is 15. The number of benzene rings is 1. The van der Waals surface area contributed by atoms with Crippen LogP contribution in [0.3, 0.4) is 0 Å². The molecule has 1 amide bonds. The van der Waals surface area contributed by atoms with E-state index < -0.39 is 52.8 Å². The predicted octanol–water partition coefficient (Wildman–Crippen LogP) is 3.94. The lowest BCUT2D eigenvalue weighted by atomic mass is 9.77. The predicted molar refractivity (Wildman–Crippen MR) is 192 cm³/mol. The smallest absolute Gasteiger partial charge is 0.327 e. The molecule has 3 heterocycles. The first kappa shape index (κ1) is 39.5. The summed E-state index contributed by atoms with van der Waals surface area (Å²) in [5.74, 6) is -0.802. The zero-order valence-corrected chi connectivity index (χ0v) is 31.7. The van der Waals surface area contributed by atoms with Crippen LogP contribution in [0.15, 0.2) is 80.9 Å². The lowest BCUT2D eigenvalue weighted by molar-refractivity contribution is -0.684. The minimum atomic E-state index is -4.57. The topological polar surface area (TPSA) is 226 Å². The van der Waals surface area contributed by atoms with E-state index in [1.165, 1.54) is 18.2 Å². The fourth-order valence-corrected chi connectivity index (χ4v) is 8.22. The number of aromatic nitrogens is 1. The van der Waals surface area contributed by atoms with Crippen molar-refractivity contribution in [3.8, 4) is 0 Å². The molecule has 0 fully saturated rings. The van der Waals surface area contributed by atoms with Gasteiger partial charge in [0.2, 0.25) is 5.91 Å². The van der Waals surface area contributed by atoms with E-state index in [1.807, 2.05) is 30.6 Å². The number of allylic oxidation sites excluding steroid dienone is 6. The molecule has 4 rings (SSSR count). The zero-order valence-electron chi connectivity index (χ0n) is 27.7. The monoisotopic (exact) mass is 815 g/mol. The van der Waals surface area contributed by atoms with E-state index in [0.717, 1.165) is 15.7 Å². The van der Waals surface area contributed by atoms with Crippen molar-refractivity contribution >= 4 is 69.4 Å². The third-order valence-electron chi connectivity index (χ3n) is 8.81. The Labute approximate surface area is 300 Å². The molecule has 2 aliphatic rings. The first-order chi connectivity index (χ1) is 23.0. The van der Waals surface area contributed by atoms with Gasteiger partial charge in [-0.2, -0.15) is 25.3 Å². The van der Waals surface area contributed by atoms with Crippen molar-refractivity contribution < 1.29 is 48.3 Å². The van der Waals surface area contributed by atoms with E-state index in [0.29, 0.717) is 29.3 Å². The summed E-state index contributed by atoms with van der Waals surface area (Å²) in [6.07, 6.45) is 11.0. The molecule has 1 aromatic heterocycles. The fraction of sp³-hybridized carbons (Fsp3) is 0.406. The second-order valence-corrected chi connectivity index (χ2v) is 18.4. The number of aryl methyl sites for hydroxylation is 1. The third kappa shape index (κ3) is 9.34. The van der Waals surface area contributed by atoms with Crippen molar-refractivity contribution in [3.63, 3.8) is 0 Å². The minimum Gasteiger partial charge on any atom is -0.370 e. The highest BCUT2D eigenvalue weighted by molar-refractivity contribution is 9.10. The maximum atomic E-state index is 12.0. The van der Waals surface area contributed by atoms with E-state index in [4.69, 9.17) is 15.3 Å². The Morgan fingerprint density at radius 1 is 0.960 bits per heavy atom. The number of amides is 1. The summed E-state index contributed by atoms with van der Waals surface area (Å²) in [7, 11) is -12.9. The van der Waals surface area contributed by atoms with E-state index in [1.54, 1.807) is 42.3 Å². The number of primary amides is 1. The number of nitrogens with zero attached hydrogens (tertiary/aromatic N) is 3. The van der Waals surface area contributed by atoms with Crippen molar-refractivity contribution in [2.24, 2.45) is 10.7 Å². The number of pyridine rings is 1. The number of carbonyl (C=O) groups excluding carboxylic acids is 1. The highest BCUT2D eigenvalue weighted by atomic mass is 79.9. The number of halogens is 1. The zero-order chi connectivity index (χ0) is 37.3. The van der Waals surface area contributed by atoms with E-state index in [9.17, 15) is 39.2 Å². The molecular weight excluding hydrogens is 776 g/mol. The van der Waals surface area contributed by atoms with Gasteiger partial charge in [-0.05, 0) is 96.5 Å². The minimum absolute atomic E-state index is 0.0343. The van der Waals surface area contributed by atoms with Gasteiger partial charge in [0.05, 0.1) is 38.4 Å². The van der Waals surface area contributed by atoms with Gasteiger partial charge in [0.1, 0.15) is 6.20 Å². The van der Waals surface area contributed by atoms with Gasteiger partial charge in [-0.25, -0.2) is 4.57 Å². The van der Waals surface area contributed by atoms with Crippen LogP contribution < -0.4 is 15.2 Å². The van der Waals surface area contributed by atoms with Gasteiger partial charge < -0.3 is 10.6 Å². The average molecular weight is 817 g/mol. The molecule has 0 saturated carbocycles. The fourth-order valence-electron chi connectivity index (χ4n) is 6.25. The Kier molecular flexibility index (Phi) is 11.7.